The molecule has 2 heterocycles. The Labute approximate surface area is 135 Å². The van der Waals surface area contributed by atoms with Crippen LogP contribution >= 0.6 is 0 Å². The molecule has 2 N–H and O–H groups in total. The predicted octanol–water partition coefficient (Wildman–Crippen LogP) is 0.555. The van der Waals surface area contributed by atoms with Gasteiger partial charge in [-0.15, -0.1) is 0 Å². The molecule has 3 rings (SSSR count). The van der Waals surface area contributed by atoms with Crippen LogP contribution in [-0.4, -0.2) is 54.2 Å². The lowest BCUT2D eigenvalue weighted by atomic mass is 9.71. The zero-order chi connectivity index (χ0) is 16.3. The van der Waals surface area contributed by atoms with Crippen molar-refractivity contribution in [3.8, 4) is 5.75 Å². The van der Waals surface area contributed by atoms with Crippen molar-refractivity contribution in [3.63, 3.8) is 0 Å². The number of aliphatic hydroxyl groups excluding tert-OH is 1. The Kier molecular flexibility index (Phi) is 4.52. The summed E-state index contributed by atoms with van der Waals surface area (Å²) in [5, 5.41) is 12.6. The number of carbonyl (C=O) groups is 2. The van der Waals surface area contributed by atoms with E-state index in [2.05, 4.69) is 5.32 Å². The van der Waals surface area contributed by atoms with E-state index in [0.717, 1.165) is 0 Å². The highest BCUT2D eigenvalue weighted by molar-refractivity contribution is 5.84. The lowest BCUT2D eigenvalue weighted by Crippen LogP contribution is -2.56. The average Bonchev–Trinajstić information content (AvgIpc) is 2.58. The number of rotatable bonds is 3. The molecule has 1 aromatic rings. The van der Waals surface area contributed by atoms with Gasteiger partial charge in [-0.2, -0.15) is 0 Å². The van der Waals surface area contributed by atoms with Crippen LogP contribution in [0.3, 0.4) is 0 Å². The quantitative estimate of drug-likeness (QED) is 0.853. The molecule has 6 nitrogen and oxygen atoms in total. The number of aliphatic hydroxyl groups is 1. The van der Waals surface area contributed by atoms with Crippen molar-refractivity contribution in [2.45, 2.75) is 25.4 Å². The second-order valence-corrected chi connectivity index (χ2v) is 6.33. The smallest absolute Gasteiger partial charge is 0.260 e. The van der Waals surface area contributed by atoms with Crippen LogP contribution in [-0.2, 0) is 9.59 Å². The van der Waals surface area contributed by atoms with Crippen LogP contribution < -0.4 is 10.1 Å². The maximum absolute atomic E-state index is 12.2. The largest absolute Gasteiger partial charge is 0.484 e. The van der Waals surface area contributed by atoms with E-state index in [1.807, 2.05) is 30.3 Å². The zero-order valence-corrected chi connectivity index (χ0v) is 13.0. The minimum Gasteiger partial charge on any atom is -0.484 e. The van der Waals surface area contributed by atoms with Crippen LogP contribution in [0.4, 0.5) is 0 Å². The summed E-state index contributed by atoms with van der Waals surface area (Å²) in [6, 6.07) is 9.23. The number of amides is 2. The van der Waals surface area contributed by atoms with Crippen LogP contribution in [0.2, 0.25) is 0 Å². The van der Waals surface area contributed by atoms with Crippen LogP contribution in [0.15, 0.2) is 30.3 Å². The number of hydrogen-bond acceptors (Lipinski definition) is 4. The second-order valence-electron chi connectivity index (χ2n) is 6.33. The summed E-state index contributed by atoms with van der Waals surface area (Å²) in [5.41, 5.74) is -0.519. The van der Waals surface area contributed by atoms with E-state index in [9.17, 15) is 14.7 Å². The van der Waals surface area contributed by atoms with E-state index in [-0.39, 0.29) is 18.4 Å². The predicted molar refractivity (Wildman–Crippen MR) is 83.8 cm³/mol. The number of β-amino-alcohol motifs (C(OH)–C–C–N with tert-alkyl or cyclic N) is 1. The molecular formula is C17H22N2O4. The molecule has 0 saturated carbocycles. The van der Waals surface area contributed by atoms with E-state index < -0.39 is 11.5 Å². The Hall–Kier alpha value is -2.08. The highest BCUT2D eigenvalue weighted by atomic mass is 16.5. The van der Waals surface area contributed by atoms with Gasteiger partial charge in [-0.05, 0) is 31.4 Å². The van der Waals surface area contributed by atoms with Crippen molar-refractivity contribution >= 4 is 11.8 Å². The molecule has 2 amide bonds. The van der Waals surface area contributed by atoms with Crippen molar-refractivity contribution in [3.05, 3.63) is 30.3 Å². The molecule has 2 aliphatic rings. The molecule has 0 bridgehead atoms. The molecular weight excluding hydrogens is 296 g/mol. The van der Waals surface area contributed by atoms with Crippen LogP contribution in [0, 0.1) is 5.41 Å². The number of hydrogen-bond donors (Lipinski definition) is 2. The first-order valence-electron chi connectivity index (χ1n) is 8.01. The third kappa shape index (κ3) is 3.47. The molecule has 0 aliphatic carbocycles. The summed E-state index contributed by atoms with van der Waals surface area (Å²) in [6.07, 6.45) is 1.18. The van der Waals surface area contributed by atoms with E-state index in [0.29, 0.717) is 44.6 Å². The number of likely N-dealkylation sites (tertiary alicyclic amines) is 1. The van der Waals surface area contributed by atoms with Gasteiger partial charge in [0.05, 0.1) is 11.5 Å². The summed E-state index contributed by atoms with van der Waals surface area (Å²) in [4.78, 5) is 26.1. The minimum absolute atomic E-state index is 0.00579. The fourth-order valence-corrected chi connectivity index (χ4v) is 3.38. The van der Waals surface area contributed by atoms with E-state index in [1.54, 1.807) is 4.90 Å². The molecule has 6 heteroatoms. The fraction of sp³-hybridized carbons (Fsp3) is 0.529. The molecule has 0 aromatic heterocycles. The molecule has 1 atom stereocenters. The number of carbonyl (C=O) groups excluding carboxylic acids is 2. The van der Waals surface area contributed by atoms with Gasteiger partial charge in [-0.25, -0.2) is 0 Å². The average molecular weight is 318 g/mol. The Morgan fingerprint density at radius 2 is 2.00 bits per heavy atom. The van der Waals surface area contributed by atoms with Gasteiger partial charge in [0.2, 0.25) is 5.91 Å². The normalized spacial score (nSPS) is 23.4. The van der Waals surface area contributed by atoms with Crippen molar-refractivity contribution in [2.75, 3.05) is 26.2 Å². The summed E-state index contributed by atoms with van der Waals surface area (Å²) in [7, 11) is 0. The third-order valence-corrected chi connectivity index (χ3v) is 4.79. The maximum Gasteiger partial charge on any atom is 0.260 e. The number of ether oxygens (including phenoxy) is 1. The van der Waals surface area contributed by atoms with Gasteiger partial charge in [0.25, 0.3) is 5.91 Å². The van der Waals surface area contributed by atoms with Gasteiger partial charge in [-0.1, -0.05) is 18.2 Å². The maximum atomic E-state index is 12.2. The molecule has 23 heavy (non-hydrogen) atoms. The first-order chi connectivity index (χ1) is 11.1. The first-order valence-corrected chi connectivity index (χ1v) is 8.01. The van der Waals surface area contributed by atoms with Crippen LogP contribution in [0.5, 0.6) is 5.75 Å². The number of nitrogens with zero attached hydrogens (tertiary/aromatic N) is 1. The molecule has 2 aliphatic heterocycles. The van der Waals surface area contributed by atoms with Gasteiger partial charge in [-0.3, -0.25) is 9.59 Å². The Balaban J connectivity index is 1.52. The Morgan fingerprint density at radius 1 is 1.30 bits per heavy atom. The molecule has 124 valence electrons. The molecule has 1 spiro atoms. The van der Waals surface area contributed by atoms with E-state index in [1.165, 1.54) is 0 Å². The van der Waals surface area contributed by atoms with Crippen LogP contribution in [0.25, 0.3) is 0 Å². The third-order valence-electron chi connectivity index (χ3n) is 4.79. The van der Waals surface area contributed by atoms with Crippen molar-refractivity contribution in [1.29, 1.82) is 0 Å². The molecule has 2 fully saturated rings. The number of para-hydroxylation sites is 1. The molecule has 1 unspecified atom stereocenters. The lowest BCUT2D eigenvalue weighted by Gasteiger charge is -2.44. The highest BCUT2D eigenvalue weighted by Crippen LogP contribution is 2.38. The lowest BCUT2D eigenvalue weighted by molar-refractivity contribution is -0.146. The summed E-state index contributed by atoms with van der Waals surface area (Å²) < 4.78 is 5.49. The summed E-state index contributed by atoms with van der Waals surface area (Å²) in [5.74, 6) is 0.611. The first kappa shape index (κ1) is 15.8. The molecule has 2 saturated heterocycles. The monoisotopic (exact) mass is 318 g/mol. The van der Waals surface area contributed by atoms with Gasteiger partial charge >= 0.3 is 0 Å². The summed E-state index contributed by atoms with van der Waals surface area (Å²) >= 11 is 0. The van der Waals surface area contributed by atoms with Gasteiger partial charge < -0.3 is 20.1 Å². The fourth-order valence-electron chi connectivity index (χ4n) is 3.38. The summed E-state index contributed by atoms with van der Waals surface area (Å²) in [6.45, 7) is 1.38. The van der Waals surface area contributed by atoms with Gasteiger partial charge in [0, 0.05) is 19.6 Å². The Morgan fingerprint density at radius 3 is 2.70 bits per heavy atom. The molecule has 0 radical (unpaired) electrons. The van der Waals surface area contributed by atoms with Gasteiger partial charge in [0.1, 0.15) is 5.75 Å². The topological polar surface area (TPSA) is 78.9 Å². The van der Waals surface area contributed by atoms with E-state index in [4.69, 9.17) is 4.74 Å². The zero-order valence-electron chi connectivity index (χ0n) is 13.0. The standard InChI is InChI=1S/C17H22N2O4/c20-13-10-17(16(22)18-11-13)6-8-19(9-7-17)15(21)12-23-14-4-2-1-3-5-14/h1-5,13,20H,6-12H2,(H,18,22). The number of nitrogens with one attached hydrogen (secondary N) is 1. The highest BCUT2D eigenvalue weighted by Gasteiger charge is 2.45. The van der Waals surface area contributed by atoms with Crippen molar-refractivity contribution in [2.24, 2.45) is 5.41 Å². The van der Waals surface area contributed by atoms with Crippen LogP contribution in [0.1, 0.15) is 19.3 Å². The SMILES string of the molecule is O=C(COc1ccccc1)N1CCC2(CC1)CC(O)CNC2=O. The van der Waals surface area contributed by atoms with Crippen molar-refractivity contribution < 1.29 is 19.4 Å². The second kappa shape index (κ2) is 6.58. The number of benzene rings is 1. The Bertz CT molecular complexity index is 567. The minimum atomic E-state index is -0.519. The van der Waals surface area contributed by atoms with E-state index >= 15 is 0 Å². The van der Waals surface area contributed by atoms with Crippen molar-refractivity contribution in [1.82, 2.24) is 10.2 Å². The molecule has 1 aromatic carbocycles. The van der Waals surface area contributed by atoms with Gasteiger partial charge in [0.15, 0.2) is 6.61 Å². The number of piperidine rings is 2.